The summed E-state index contributed by atoms with van der Waals surface area (Å²) in [4.78, 5) is 11.7. The predicted molar refractivity (Wildman–Crippen MR) is 51.3 cm³/mol. The molecule has 0 heterocycles. The van der Waals surface area contributed by atoms with Crippen LogP contribution in [0.3, 0.4) is 0 Å². The van der Waals surface area contributed by atoms with Gasteiger partial charge in [-0.1, -0.05) is 12.8 Å². The van der Waals surface area contributed by atoms with E-state index in [1.165, 1.54) is 38.5 Å². The summed E-state index contributed by atoms with van der Waals surface area (Å²) >= 11 is 0. The molecule has 4 unspecified atom stereocenters. The van der Waals surface area contributed by atoms with Gasteiger partial charge in [-0.3, -0.25) is 4.79 Å². The van der Waals surface area contributed by atoms with Crippen molar-refractivity contribution in [3.8, 4) is 0 Å². The monoisotopic (exact) mass is 178 g/mol. The molecule has 0 aromatic carbocycles. The second kappa shape index (κ2) is 2.83. The van der Waals surface area contributed by atoms with Gasteiger partial charge in [0.15, 0.2) is 0 Å². The van der Waals surface area contributed by atoms with Gasteiger partial charge in [-0.05, 0) is 43.4 Å². The van der Waals surface area contributed by atoms with Crippen molar-refractivity contribution in [1.29, 1.82) is 0 Å². The maximum Gasteiger partial charge on any atom is 0.136 e. The lowest BCUT2D eigenvalue weighted by atomic mass is 9.48. The highest BCUT2D eigenvalue weighted by atomic mass is 16.1. The Morgan fingerprint density at radius 3 is 2.23 bits per heavy atom. The van der Waals surface area contributed by atoms with Gasteiger partial charge < -0.3 is 0 Å². The number of fused-ring (bicyclic) bond motifs is 4. The molecule has 3 saturated carbocycles. The van der Waals surface area contributed by atoms with Crippen molar-refractivity contribution in [2.45, 2.75) is 44.9 Å². The van der Waals surface area contributed by atoms with Crippen LogP contribution in [0.5, 0.6) is 0 Å². The zero-order valence-corrected chi connectivity index (χ0v) is 8.17. The summed E-state index contributed by atoms with van der Waals surface area (Å²) in [7, 11) is 0. The van der Waals surface area contributed by atoms with Crippen LogP contribution in [0.1, 0.15) is 44.9 Å². The van der Waals surface area contributed by atoms with Crippen LogP contribution in [-0.2, 0) is 4.79 Å². The second-order valence-electron chi connectivity index (χ2n) is 5.16. The molecule has 4 atom stereocenters. The van der Waals surface area contributed by atoms with E-state index in [0.29, 0.717) is 11.7 Å². The topological polar surface area (TPSA) is 17.1 Å². The van der Waals surface area contributed by atoms with Crippen molar-refractivity contribution in [3.63, 3.8) is 0 Å². The smallest absolute Gasteiger partial charge is 0.136 e. The van der Waals surface area contributed by atoms with Gasteiger partial charge in [0.05, 0.1) is 0 Å². The lowest BCUT2D eigenvalue weighted by Crippen LogP contribution is -2.53. The number of rotatable bonds is 0. The van der Waals surface area contributed by atoms with E-state index in [1.54, 1.807) is 0 Å². The van der Waals surface area contributed by atoms with E-state index < -0.39 is 0 Å². The highest BCUT2D eigenvalue weighted by molar-refractivity contribution is 5.83. The minimum atomic E-state index is 0.527. The molecule has 0 bridgehead atoms. The molecule has 0 N–H and O–H groups in total. The van der Waals surface area contributed by atoms with Gasteiger partial charge in [0.2, 0.25) is 0 Å². The Morgan fingerprint density at radius 2 is 1.46 bits per heavy atom. The van der Waals surface area contributed by atoms with Crippen LogP contribution in [0, 0.1) is 23.7 Å². The number of carbonyl (C=O) groups is 1. The van der Waals surface area contributed by atoms with E-state index in [1.807, 2.05) is 0 Å². The summed E-state index contributed by atoms with van der Waals surface area (Å²) in [5, 5.41) is 0. The minimum absolute atomic E-state index is 0.527. The summed E-state index contributed by atoms with van der Waals surface area (Å²) in [6, 6.07) is 0. The van der Waals surface area contributed by atoms with Gasteiger partial charge in [0.25, 0.3) is 0 Å². The third-order valence-electron chi connectivity index (χ3n) is 4.68. The Kier molecular flexibility index (Phi) is 1.75. The normalized spacial score (nSPS) is 49.1. The molecule has 0 radical (unpaired) electrons. The third-order valence-corrected chi connectivity index (χ3v) is 4.68. The maximum absolute atomic E-state index is 11.7. The van der Waals surface area contributed by atoms with Crippen molar-refractivity contribution in [1.82, 2.24) is 0 Å². The summed E-state index contributed by atoms with van der Waals surface area (Å²) in [5.74, 6) is 3.75. The first-order valence-corrected chi connectivity index (χ1v) is 5.90. The molecular formula is C12H18O. The highest BCUT2D eigenvalue weighted by Crippen LogP contribution is 2.57. The van der Waals surface area contributed by atoms with Crippen LogP contribution in [0.15, 0.2) is 0 Å². The highest BCUT2D eigenvalue weighted by Gasteiger charge is 2.54. The van der Waals surface area contributed by atoms with E-state index in [0.717, 1.165) is 24.2 Å². The van der Waals surface area contributed by atoms with Gasteiger partial charge in [-0.2, -0.15) is 0 Å². The summed E-state index contributed by atoms with van der Waals surface area (Å²) < 4.78 is 0. The van der Waals surface area contributed by atoms with Gasteiger partial charge in [-0.25, -0.2) is 0 Å². The fraction of sp³-hybridized carbons (Fsp3) is 0.917. The molecule has 1 heteroatoms. The summed E-state index contributed by atoms with van der Waals surface area (Å²) in [5.41, 5.74) is 0. The van der Waals surface area contributed by atoms with Crippen LogP contribution < -0.4 is 0 Å². The van der Waals surface area contributed by atoms with Crippen LogP contribution >= 0.6 is 0 Å². The molecule has 0 spiro atoms. The van der Waals surface area contributed by atoms with E-state index in [9.17, 15) is 4.79 Å². The molecule has 0 saturated heterocycles. The van der Waals surface area contributed by atoms with Crippen LogP contribution in [0.2, 0.25) is 0 Å². The molecule has 0 aromatic rings. The number of carbonyl (C=O) groups excluding carboxylic acids is 1. The molecule has 3 rings (SSSR count). The molecule has 3 aliphatic rings. The van der Waals surface area contributed by atoms with E-state index in [4.69, 9.17) is 0 Å². The van der Waals surface area contributed by atoms with Crippen LogP contribution in [0.4, 0.5) is 0 Å². The van der Waals surface area contributed by atoms with Crippen molar-refractivity contribution < 1.29 is 4.79 Å². The number of ketones is 1. The average Bonchev–Trinajstić information content (AvgIpc) is 2.14. The Balaban J connectivity index is 1.79. The molecule has 3 aliphatic carbocycles. The molecule has 72 valence electrons. The first-order valence-electron chi connectivity index (χ1n) is 5.90. The van der Waals surface area contributed by atoms with Gasteiger partial charge in [0, 0.05) is 12.3 Å². The van der Waals surface area contributed by atoms with Crippen LogP contribution in [-0.4, -0.2) is 5.78 Å². The molecule has 3 fully saturated rings. The number of hydrogen-bond acceptors (Lipinski definition) is 1. The first-order chi connectivity index (χ1) is 6.38. The Bertz CT molecular complexity index is 223. The SMILES string of the molecule is O=C1CCCC2C3CCCCC3C12. The predicted octanol–water partition coefficient (Wildman–Crippen LogP) is 2.79. The molecule has 13 heavy (non-hydrogen) atoms. The fourth-order valence-corrected chi connectivity index (χ4v) is 4.15. The minimum Gasteiger partial charge on any atom is -0.299 e. The molecule has 0 aliphatic heterocycles. The van der Waals surface area contributed by atoms with Crippen molar-refractivity contribution >= 4 is 5.78 Å². The lowest BCUT2D eigenvalue weighted by molar-refractivity contribution is -0.148. The lowest BCUT2D eigenvalue weighted by Gasteiger charge is -2.56. The molecular weight excluding hydrogens is 160 g/mol. The standard InChI is InChI=1S/C12H18O/c13-11-7-3-6-10-8-4-1-2-5-9(8)12(10)11/h8-10,12H,1-7H2. The van der Waals surface area contributed by atoms with E-state index in [-0.39, 0.29) is 0 Å². The molecule has 0 amide bonds. The first kappa shape index (κ1) is 8.02. The van der Waals surface area contributed by atoms with Crippen LogP contribution in [0.25, 0.3) is 0 Å². The zero-order chi connectivity index (χ0) is 8.84. The number of hydrogen-bond donors (Lipinski definition) is 0. The van der Waals surface area contributed by atoms with E-state index in [2.05, 4.69) is 0 Å². The molecule has 1 nitrogen and oxygen atoms in total. The molecule has 0 aromatic heterocycles. The Labute approximate surface area is 79.9 Å². The average molecular weight is 178 g/mol. The second-order valence-corrected chi connectivity index (χ2v) is 5.16. The van der Waals surface area contributed by atoms with E-state index >= 15 is 0 Å². The quantitative estimate of drug-likeness (QED) is 0.557. The maximum atomic E-state index is 11.7. The van der Waals surface area contributed by atoms with Crippen molar-refractivity contribution in [2.24, 2.45) is 23.7 Å². The van der Waals surface area contributed by atoms with Crippen molar-refractivity contribution in [2.75, 3.05) is 0 Å². The Morgan fingerprint density at radius 1 is 0.846 bits per heavy atom. The van der Waals surface area contributed by atoms with Gasteiger partial charge >= 0.3 is 0 Å². The largest absolute Gasteiger partial charge is 0.299 e. The van der Waals surface area contributed by atoms with Gasteiger partial charge in [0.1, 0.15) is 5.78 Å². The fourth-order valence-electron chi connectivity index (χ4n) is 4.15. The third kappa shape index (κ3) is 1.02. The Hall–Kier alpha value is -0.330. The zero-order valence-electron chi connectivity index (χ0n) is 8.17. The summed E-state index contributed by atoms with van der Waals surface area (Å²) in [6.45, 7) is 0. The van der Waals surface area contributed by atoms with Gasteiger partial charge in [-0.15, -0.1) is 0 Å². The number of Topliss-reactive ketones (excluding diaryl/α,β-unsaturated/α-hetero) is 1. The van der Waals surface area contributed by atoms with Crippen molar-refractivity contribution in [3.05, 3.63) is 0 Å². The summed E-state index contributed by atoms with van der Waals surface area (Å²) in [6.07, 6.45) is 9.04.